The first-order valence-corrected chi connectivity index (χ1v) is 10.7. The van der Waals surface area contributed by atoms with Crippen LogP contribution in [-0.4, -0.2) is 56.8 Å². The second-order valence-electron chi connectivity index (χ2n) is 7.20. The van der Waals surface area contributed by atoms with Crippen LogP contribution in [0.4, 0.5) is 0 Å². The molecule has 1 saturated heterocycles. The molecule has 1 amide bonds. The number of ether oxygens (including phenoxy) is 1. The lowest BCUT2D eigenvalue weighted by molar-refractivity contribution is -0.135. The zero-order valence-electron chi connectivity index (χ0n) is 16.1. The van der Waals surface area contributed by atoms with Gasteiger partial charge < -0.3 is 9.64 Å². The molecule has 1 aliphatic heterocycles. The fourth-order valence-corrected chi connectivity index (χ4v) is 4.79. The zero-order chi connectivity index (χ0) is 19.3. The Morgan fingerprint density at radius 2 is 1.81 bits per heavy atom. The van der Waals surface area contributed by atoms with Crippen molar-refractivity contribution in [3.8, 4) is 5.75 Å². The molecule has 0 atom stereocenters. The van der Waals surface area contributed by atoms with Gasteiger partial charge >= 0.3 is 0 Å². The van der Waals surface area contributed by atoms with Crippen molar-refractivity contribution in [2.45, 2.75) is 38.5 Å². The van der Waals surface area contributed by atoms with E-state index in [4.69, 9.17) is 4.74 Å². The van der Waals surface area contributed by atoms with Gasteiger partial charge in [0.05, 0.1) is 11.5 Å². The first-order chi connectivity index (χ1) is 12.3. The minimum atomic E-state index is -3.53. The maximum absolute atomic E-state index is 12.8. The van der Waals surface area contributed by atoms with Crippen LogP contribution in [0.1, 0.15) is 33.6 Å². The Balaban J connectivity index is 1.98. The van der Waals surface area contributed by atoms with Crippen molar-refractivity contribution in [1.29, 1.82) is 0 Å². The van der Waals surface area contributed by atoms with E-state index >= 15 is 0 Å². The maximum Gasteiger partial charge on any atom is 0.243 e. The predicted octanol–water partition coefficient (Wildman–Crippen LogP) is 2.60. The van der Waals surface area contributed by atoms with Crippen LogP contribution in [0.25, 0.3) is 0 Å². The number of sulfonamides is 1. The molecule has 1 aromatic rings. The molecule has 0 spiro atoms. The first-order valence-electron chi connectivity index (χ1n) is 9.23. The number of amides is 1. The van der Waals surface area contributed by atoms with E-state index in [1.807, 2.05) is 14.0 Å². The smallest absolute Gasteiger partial charge is 0.243 e. The molecule has 146 valence electrons. The lowest BCUT2D eigenvalue weighted by Crippen LogP contribution is -2.44. The fourth-order valence-electron chi connectivity index (χ4n) is 3.32. The normalized spacial score (nSPS) is 16.7. The van der Waals surface area contributed by atoms with Crippen LogP contribution >= 0.6 is 0 Å². The topological polar surface area (TPSA) is 66.9 Å². The first kappa shape index (κ1) is 20.7. The average molecular weight is 383 g/mol. The van der Waals surface area contributed by atoms with Crippen molar-refractivity contribution in [3.63, 3.8) is 0 Å². The minimum Gasteiger partial charge on any atom is -0.494 e. The van der Waals surface area contributed by atoms with Gasteiger partial charge in [-0.05, 0) is 49.9 Å². The van der Waals surface area contributed by atoms with E-state index in [-0.39, 0.29) is 16.7 Å². The number of piperidine rings is 1. The highest BCUT2D eigenvalue weighted by Crippen LogP contribution is 2.26. The number of hydrogen-bond donors (Lipinski definition) is 0. The molecule has 1 fully saturated rings. The van der Waals surface area contributed by atoms with Gasteiger partial charge in [0.2, 0.25) is 15.9 Å². The summed E-state index contributed by atoms with van der Waals surface area (Å²) in [7, 11) is -1.70. The Morgan fingerprint density at radius 1 is 1.23 bits per heavy atom. The third-order valence-corrected chi connectivity index (χ3v) is 6.50. The van der Waals surface area contributed by atoms with Gasteiger partial charge in [0.25, 0.3) is 0 Å². The van der Waals surface area contributed by atoms with Crippen molar-refractivity contribution in [2.75, 3.05) is 33.3 Å². The van der Waals surface area contributed by atoms with Crippen LogP contribution in [0.5, 0.6) is 5.75 Å². The fraction of sp³-hybridized carbons (Fsp3) is 0.632. The van der Waals surface area contributed by atoms with Gasteiger partial charge in [0, 0.05) is 32.6 Å². The highest BCUT2D eigenvalue weighted by molar-refractivity contribution is 7.89. The maximum atomic E-state index is 12.8. The molecule has 2 rings (SSSR count). The Hall–Kier alpha value is -1.60. The van der Waals surface area contributed by atoms with Gasteiger partial charge in [0.1, 0.15) is 5.75 Å². The molecule has 1 heterocycles. The van der Waals surface area contributed by atoms with Crippen LogP contribution < -0.4 is 4.74 Å². The lowest BCUT2D eigenvalue weighted by atomic mass is 9.96. The molecule has 26 heavy (non-hydrogen) atoms. The molecule has 0 radical (unpaired) electrons. The third-order valence-electron chi connectivity index (χ3n) is 4.59. The summed E-state index contributed by atoms with van der Waals surface area (Å²) in [5.41, 5.74) is 0. The molecule has 0 bridgehead atoms. The number of benzene rings is 1. The molecule has 1 aliphatic rings. The molecule has 1 aromatic carbocycles. The Bertz CT molecular complexity index is 693. The van der Waals surface area contributed by atoms with Gasteiger partial charge in [-0.3, -0.25) is 4.79 Å². The van der Waals surface area contributed by atoms with Crippen LogP contribution in [0.15, 0.2) is 29.2 Å². The summed E-state index contributed by atoms with van der Waals surface area (Å²) in [6.07, 6.45) is 1.13. The number of carbonyl (C=O) groups excluding carboxylic acids is 1. The van der Waals surface area contributed by atoms with E-state index < -0.39 is 10.0 Å². The molecule has 0 aromatic heterocycles. The lowest BCUT2D eigenvalue weighted by Gasteiger charge is -2.33. The van der Waals surface area contributed by atoms with E-state index in [0.29, 0.717) is 44.2 Å². The molecular weight excluding hydrogens is 352 g/mol. The highest BCUT2D eigenvalue weighted by atomic mass is 32.2. The largest absolute Gasteiger partial charge is 0.494 e. The van der Waals surface area contributed by atoms with Crippen molar-refractivity contribution in [2.24, 2.45) is 11.8 Å². The van der Waals surface area contributed by atoms with E-state index in [9.17, 15) is 13.2 Å². The standard InChI is InChI=1S/C19H30N2O4S/c1-5-25-17-6-8-18(9-7-17)26(23,24)21-12-10-16(11-13-21)19(22)20(4)14-15(2)3/h6-9,15-16H,5,10-14H2,1-4H3. The monoisotopic (exact) mass is 382 g/mol. The summed E-state index contributed by atoms with van der Waals surface area (Å²) in [6, 6.07) is 6.50. The van der Waals surface area contributed by atoms with E-state index in [0.717, 1.165) is 6.54 Å². The molecule has 0 N–H and O–H groups in total. The Morgan fingerprint density at radius 3 is 2.31 bits per heavy atom. The Kier molecular flexibility index (Phi) is 7.06. The SMILES string of the molecule is CCOc1ccc(S(=O)(=O)N2CCC(C(=O)N(C)CC(C)C)CC2)cc1. The molecule has 7 heteroatoms. The summed E-state index contributed by atoms with van der Waals surface area (Å²) < 4.78 is 32.4. The summed E-state index contributed by atoms with van der Waals surface area (Å²) in [5, 5.41) is 0. The molecule has 6 nitrogen and oxygen atoms in total. The number of carbonyl (C=O) groups is 1. The summed E-state index contributed by atoms with van der Waals surface area (Å²) in [6.45, 7) is 8.06. The number of rotatable bonds is 7. The average Bonchev–Trinajstić information content (AvgIpc) is 2.61. The van der Waals surface area contributed by atoms with E-state index in [1.54, 1.807) is 29.2 Å². The summed E-state index contributed by atoms with van der Waals surface area (Å²) in [5.74, 6) is 1.11. The number of hydrogen-bond acceptors (Lipinski definition) is 4. The van der Waals surface area contributed by atoms with Crippen LogP contribution in [0, 0.1) is 11.8 Å². The molecule has 0 unspecified atom stereocenters. The van der Waals surface area contributed by atoms with Crippen molar-refractivity contribution in [3.05, 3.63) is 24.3 Å². The Labute approximate surface area is 157 Å². The third kappa shape index (κ3) is 4.98. The quantitative estimate of drug-likeness (QED) is 0.727. The van der Waals surface area contributed by atoms with Crippen molar-refractivity contribution < 1.29 is 17.9 Å². The summed E-state index contributed by atoms with van der Waals surface area (Å²) in [4.78, 5) is 14.5. The van der Waals surface area contributed by atoms with Crippen molar-refractivity contribution in [1.82, 2.24) is 9.21 Å². The van der Waals surface area contributed by atoms with Gasteiger partial charge in [0.15, 0.2) is 0 Å². The van der Waals surface area contributed by atoms with Gasteiger partial charge in [-0.1, -0.05) is 13.8 Å². The van der Waals surface area contributed by atoms with E-state index in [2.05, 4.69) is 13.8 Å². The zero-order valence-corrected chi connectivity index (χ0v) is 17.0. The minimum absolute atomic E-state index is 0.0921. The van der Waals surface area contributed by atoms with E-state index in [1.165, 1.54) is 4.31 Å². The van der Waals surface area contributed by atoms with Crippen LogP contribution in [-0.2, 0) is 14.8 Å². The predicted molar refractivity (Wildman–Crippen MR) is 102 cm³/mol. The number of nitrogens with zero attached hydrogens (tertiary/aromatic N) is 2. The molecule has 0 saturated carbocycles. The molecule has 0 aliphatic carbocycles. The summed E-state index contributed by atoms with van der Waals surface area (Å²) >= 11 is 0. The second kappa shape index (κ2) is 8.86. The van der Waals surface area contributed by atoms with Gasteiger partial charge in [-0.25, -0.2) is 8.42 Å². The highest BCUT2D eigenvalue weighted by Gasteiger charge is 2.33. The van der Waals surface area contributed by atoms with Crippen LogP contribution in [0.3, 0.4) is 0 Å². The van der Waals surface area contributed by atoms with Crippen LogP contribution in [0.2, 0.25) is 0 Å². The second-order valence-corrected chi connectivity index (χ2v) is 9.13. The van der Waals surface area contributed by atoms with Crippen molar-refractivity contribution >= 4 is 15.9 Å². The van der Waals surface area contributed by atoms with Gasteiger partial charge in [-0.2, -0.15) is 4.31 Å². The molecular formula is C19H30N2O4S. The van der Waals surface area contributed by atoms with Gasteiger partial charge in [-0.15, -0.1) is 0 Å².